The van der Waals surface area contributed by atoms with E-state index in [1.165, 1.54) is 31.5 Å². The number of ether oxygens (including phenoxy) is 2. The minimum atomic E-state index is -0.899. The van der Waals surface area contributed by atoms with Gasteiger partial charge in [0.1, 0.15) is 5.75 Å². The number of nitro groups is 1. The lowest BCUT2D eigenvalue weighted by atomic mass is 10.1. The van der Waals surface area contributed by atoms with Gasteiger partial charge in [0.05, 0.1) is 12.0 Å². The van der Waals surface area contributed by atoms with Gasteiger partial charge in [-0.15, -0.1) is 0 Å². The van der Waals surface area contributed by atoms with Crippen LogP contribution in [0.15, 0.2) is 42.7 Å². The van der Waals surface area contributed by atoms with Gasteiger partial charge in [0.2, 0.25) is 0 Å². The summed E-state index contributed by atoms with van der Waals surface area (Å²) in [5.41, 5.74) is 0.869. The van der Waals surface area contributed by atoms with Gasteiger partial charge in [0.15, 0.2) is 0 Å². The number of non-ortho nitro benzene ring substituents is 1. The third-order valence-electron chi connectivity index (χ3n) is 2.51. The first-order valence-corrected chi connectivity index (χ1v) is 5.56. The lowest BCUT2D eigenvalue weighted by molar-refractivity contribution is -0.384. The Kier molecular flexibility index (Phi) is 3.90. The molecule has 0 saturated heterocycles. The molecule has 0 radical (unpaired) electrons. The molecule has 7 heteroatoms. The highest BCUT2D eigenvalue weighted by molar-refractivity contribution is 5.76. The minimum absolute atomic E-state index is 0.110. The highest BCUT2D eigenvalue weighted by atomic mass is 16.7. The van der Waals surface area contributed by atoms with Gasteiger partial charge >= 0.3 is 6.16 Å². The van der Waals surface area contributed by atoms with Gasteiger partial charge < -0.3 is 9.47 Å². The van der Waals surface area contributed by atoms with E-state index in [1.54, 1.807) is 18.3 Å². The van der Waals surface area contributed by atoms with Gasteiger partial charge in [0.25, 0.3) is 5.69 Å². The number of hydrogen-bond acceptors (Lipinski definition) is 6. The largest absolute Gasteiger partial charge is 0.513 e. The van der Waals surface area contributed by atoms with E-state index < -0.39 is 11.1 Å². The Labute approximate surface area is 113 Å². The van der Waals surface area contributed by atoms with E-state index in [-0.39, 0.29) is 11.4 Å². The lowest BCUT2D eigenvalue weighted by Crippen LogP contribution is -2.08. The summed E-state index contributed by atoms with van der Waals surface area (Å²) in [6.45, 7) is 0. The Morgan fingerprint density at radius 3 is 2.75 bits per heavy atom. The first-order chi connectivity index (χ1) is 9.61. The first-order valence-electron chi connectivity index (χ1n) is 5.56. The summed E-state index contributed by atoms with van der Waals surface area (Å²) < 4.78 is 9.38. The average molecular weight is 274 g/mol. The molecule has 0 saturated carbocycles. The maximum Gasteiger partial charge on any atom is 0.513 e. The highest BCUT2D eigenvalue weighted by Gasteiger charge is 2.16. The maximum atomic E-state index is 11.2. The zero-order valence-corrected chi connectivity index (χ0v) is 10.5. The number of carbonyl (C=O) groups is 1. The maximum absolute atomic E-state index is 11.2. The van der Waals surface area contributed by atoms with Gasteiger partial charge in [-0.1, -0.05) is 6.07 Å². The molecule has 0 fully saturated rings. The number of rotatable bonds is 3. The van der Waals surface area contributed by atoms with Crippen molar-refractivity contribution in [2.24, 2.45) is 0 Å². The Morgan fingerprint density at radius 1 is 1.35 bits per heavy atom. The van der Waals surface area contributed by atoms with Crippen LogP contribution < -0.4 is 4.74 Å². The first kappa shape index (κ1) is 13.5. The quantitative estimate of drug-likeness (QED) is 0.370. The minimum Gasteiger partial charge on any atom is -0.437 e. The highest BCUT2D eigenvalue weighted by Crippen LogP contribution is 2.33. The van der Waals surface area contributed by atoms with E-state index in [0.29, 0.717) is 11.1 Å². The van der Waals surface area contributed by atoms with Gasteiger partial charge in [-0.3, -0.25) is 15.1 Å². The van der Waals surface area contributed by atoms with Crippen molar-refractivity contribution in [1.82, 2.24) is 4.98 Å². The second-order valence-corrected chi connectivity index (χ2v) is 3.74. The molecule has 1 heterocycles. The molecule has 7 nitrogen and oxygen atoms in total. The summed E-state index contributed by atoms with van der Waals surface area (Å²) in [7, 11) is 1.18. The standard InChI is InChI=1S/C13H10N2O5/c1-19-13(16)20-12-5-4-10(15(17)18)7-11(12)9-3-2-6-14-8-9/h2-8H,1H3. The number of nitro benzene ring substituents is 1. The molecule has 1 aromatic heterocycles. The number of pyridine rings is 1. The molecule has 0 spiro atoms. The van der Waals surface area contributed by atoms with Crippen molar-refractivity contribution in [3.8, 4) is 16.9 Å². The predicted molar refractivity (Wildman–Crippen MR) is 69.4 cm³/mol. The average Bonchev–Trinajstić information content (AvgIpc) is 2.48. The van der Waals surface area contributed by atoms with Crippen molar-refractivity contribution in [1.29, 1.82) is 0 Å². The van der Waals surface area contributed by atoms with Crippen molar-refractivity contribution in [2.45, 2.75) is 0 Å². The molecule has 0 aliphatic carbocycles. The smallest absolute Gasteiger partial charge is 0.437 e. The number of hydrogen-bond donors (Lipinski definition) is 0. The van der Waals surface area contributed by atoms with Crippen LogP contribution in [0.3, 0.4) is 0 Å². The molecule has 0 bridgehead atoms. The summed E-state index contributed by atoms with van der Waals surface area (Å²) >= 11 is 0. The normalized spacial score (nSPS) is 9.85. The summed E-state index contributed by atoms with van der Waals surface area (Å²) in [5, 5.41) is 10.8. The van der Waals surface area contributed by atoms with Crippen molar-refractivity contribution >= 4 is 11.8 Å². The molecule has 20 heavy (non-hydrogen) atoms. The molecular formula is C13H10N2O5. The van der Waals surface area contributed by atoms with Crippen LogP contribution in [-0.4, -0.2) is 23.2 Å². The molecule has 1 aromatic carbocycles. The second kappa shape index (κ2) is 5.79. The number of nitrogens with zero attached hydrogens (tertiary/aromatic N) is 2. The zero-order chi connectivity index (χ0) is 14.5. The Morgan fingerprint density at radius 2 is 2.15 bits per heavy atom. The van der Waals surface area contributed by atoms with Crippen LogP contribution in [0.2, 0.25) is 0 Å². The van der Waals surface area contributed by atoms with Crippen LogP contribution >= 0.6 is 0 Å². The second-order valence-electron chi connectivity index (χ2n) is 3.74. The van der Waals surface area contributed by atoms with Gasteiger partial charge in [-0.2, -0.15) is 0 Å². The van der Waals surface area contributed by atoms with E-state index in [1.807, 2.05) is 0 Å². The fraction of sp³-hybridized carbons (Fsp3) is 0.0769. The molecule has 2 rings (SSSR count). The number of methoxy groups -OCH3 is 1. The molecule has 2 aromatic rings. The zero-order valence-electron chi connectivity index (χ0n) is 10.5. The lowest BCUT2D eigenvalue weighted by Gasteiger charge is -2.09. The van der Waals surface area contributed by atoms with Gasteiger partial charge in [-0.25, -0.2) is 4.79 Å². The van der Waals surface area contributed by atoms with Crippen molar-refractivity contribution < 1.29 is 19.2 Å². The van der Waals surface area contributed by atoms with Crippen molar-refractivity contribution in [3.63, 3.8) is 0 Å². The van der Waals surface area contributed by atoms with Gasteiger partial charge in [0, 0.05) is 35.7 Å². The van der Waals surface area contributed by atoms with Gasteiger partial charge in [-0.05, 0) is 12.1 Å². The van der Waals surface area contributed by atoms with Crippen LogP contribution in [0.1, 0.15) is 0 Å². The summed E-state index contributed by atoms with van der Waals surface area (Å²) in [4.78, 5) is 25.4. The van der Waals surface area contributed by atoms with Crippen LogP contribution in [0, 0.1) is 10.1 Å². The van der Waals surface area contributed by atoms with E-state index >= 15 is 0 Å². The topological polar surface area (TPSA) is 91.6 Å². The van der Waals surface area contributed by atoms with Crippen LogP contribution in [0.4, 0.5) is 10.5 Å². The number of benzene rings is 1. The van der Waals surface area contributed by atoms with E-state index in [4.69, 9.17) is 4.74 Å². The molecular weight excluding hydrogens is 264 g/mol. The third kappa shape index (κ3) is 2.89. The van der Waals surface area contributed by atoms with E-state index in [0.717, 1.165) is 0 Å². The molecule has 0 unspecified atom stereocenters. The fourth-order valence-electron chi connectivity index (χ4n) is 1.60. The summed E-state index contributed by atoms with van der Waals surface area (Å²) in [6, 6.07) is 7.29. The monoisotopic (exact) mass is 274 g/mol. The number of carbonyl (C=O) groups excluding carboxylic acids is 1. The molecule has 0 amide bonds. The predicted octanol–water partition coefficient (Wildman–Crippen LogP) is 2.80. The molecule has 0 aliphatic heterocycles. The van der Waals surface area contributed by atoms with Crippen molar-refractivity contribution in [2.75, 3.05) is 7.11 Å². The SMILES string of the molecule is COC(=O)Oc1ccc([N+](=O)[O-])cc1-c1cccnc1. The Balaban J connectivity index is 2.51. The summed E-state index contributed by atoms with van der Waals surface area (Å²) in [5.74, 6) is 0.162. The fourth-order valence-corrected chi connectivity index (χ4v) is 1.60. The van der Waals surface area contributed by atoms with Crippen molar-refractivity contribution in [3.05, 3.63) is 52.8 Å². The third-order valence-corrected chi connectivity index (χ3v) is 2.51. The Hall–Kier alpha value is -2.96. The Bertz CT molecular complexity index is 642. The van der Waals surface area contributed by atoms with E-state index in [2.05, 4.69) is 9.72 Å². The molecule has 102 valence electrons. The number of aromatic nitrogens is 1. The van der Waals surface area contributed by atoms with Crippen LogP contribution in [-0.2, 0) is 4.74 Å². The summed E-state index contributed by atoms with van der Waals surface area (Å²) in [6.07, 6.45) is 2.19. The van der Waals surface area contributed by atoms with Crippen LogP contribution in [0.25, 0.3) is 11.1 Å². The molecule has 0 atom stereocenters. The molecule has 0 aliphatic rings. The van der Waals surface area contributed by atoms with Crippen LogP contribution in [0.5, 0.6) is 5.75 Å². The van der Waals surface area contributed by atoms with E-state index in [9.17, 15) is 14.9 Å². The molecule has 0 N–H and O–H groups in total.